The van der Waals surface area contributed by atoms with Crippen molar-refractivity contribution in [3.05, 3.63) is 71.8 Å². The van der Waals surface area contributed by atoms with E-state index in [0.717, 1.165) is 5.69 Å². The maximum Gasteiger partial charge on any atom is 0.251 e. The van der Waals surface area contributed by atoms with Gasteiger partial charge in [-0.05, 0) is 36.4 Å². The van der Waals surface area contributed by atoms with Crippen molar-refractivity contribution in [3.63, 3.8) is 0 Å². The van der Waals surface area contributed by atoms with Gasteiger partial charge in [0, 0.05) is 11.8 Å². The Kier molecular flexibility index (Phi) is 4.07. The first-order valence-electron chi connectivity index (χ1n) is 6.86. The quantitative estimate of drug-likeness (QED) is 0.787. The Bertz CT molecular complexity index is 848. The van der Waals surface area contributed by atoms with E-state index >= 15 is 0 Å². The predicted octanol–water partition coefficient (Wildman–Crippen LogP) is 1.46. The van der Waals surface area contributed by atoms with Gasteiger partial charge in [0.2, 0.25) is 0 Å². The molecule has 1 amide bonds. The van der Waals surface area contributed by atoms with Crippen LogP contribution in [-0.2, 0) is 6.54 Å². The molecule has 7 nitrogen and oxygen atoms in total. The monoisotopic (exact) mass is 304 g/mol. The maximum absolute atomic E-state index is 12.0. The Morgan fingerprint density at radius 1 is 1.26 bits per heavy atom. The summed E-state index contributed by atoms with van der Waals surface area (Å²) in [5.74, 6) is -0.231. The number of carbonyl (C=O) groups excluding carboxylic acids is 1. The maximum atomic E-state index is 12.0. The largest absolute Gasteiger partial charge is 0.346 e. The van der Waals surface area contributed by atoms with Gasteiger partial charge in [-0.1, -0.05) is 5.21 Å². The molecule has 0 saturated heterocycles. The van der Waals surface area contributed by atoms with Crippen molar-refractivity contribution in [2.75, 3.05) is 0 Å². The summed E-state index contributed by atoms with van der Waals surface area (Å²) < 4.78 is 1.59. The Morgan fingerprint density at radius 3 is 2.78 bits per heavy atom. The number of rotatable bonds is 4. The number of aromatic nitrogens is 4. The predicted molar refractivity (Wildman–Crippen MR) is 81.5 cm³/mol. The second-order valence-corrected chi connectivity index (χ2v) is 4.74. The average Bonchev–Trinajstić information content (AvgIpc) is 3.09. The number of hydrogen-bond acceptors (Lipinski definition) is 5. The van der Waals surface area contributed by atoms with Crippen LogP contribution in [0.5, 0.6) is 0 Å². The molecule has 0 aliphatic rings. The molecule has 0 aliphatic heterocycles. The molecule has 0 atom stereocenters. The molecular formula is C16H12N6O. The number of carbonyl (C=O) groups is 1. The van der Waals surface area contributed by atoms with Crippen molar-refractivity contribution < 1.29 is 4.79 Å². The van der Waals surface area contributed by atoms with Crippen LogP contribution in [-0.4, -0.2) is 25.9 Å². The van der Waals surface area contributed by atoms with E-state index in [1.165, 1.54) is 0 Å². The molecule has 7 heteroatoms. The molecule has 1 aromatic carbocycles. The van der Waals surface area contributed by atoms with Crippen molar-refractivity contribution >= 4 is 5.91 Å². The zero-order valence-corrected chi connectivity index (χ0v) is 12.0. The molecule has 0 bridgehead atoms. The first-order chi connectivity index (χ1) is 11.3. The molecule has 0 radical (unpaired) electrons. The zero-order valence-electron chi connectivity index (χ0n) is 12.0. The SMILES string of the molecule is N#Cc1ccc(C(=O)NCc2cn(-c3cccnc3)nn2)cc1. The van der Waals surface area contributed by atoms with Crippen molar-refractivity contribution in [1.29, 1.82) is 5.26 Å². The van der Waals surface area contributed by atoms with Gasteiger partial charge in [0.05, 0.1) is 36.3 Å². The second-order valence-electron chi connectivity index (χ2n) is 4.74. The molecule has 3 rings (SSSR count). The molecule has 0 fully saturated rings. The topological polar surface area (TPSA) is 96.5 Å². The molecule has 0 saturated carbocycles. The number of nitrogens with zero attached hydrogens (tertiary/aromatic N) is 5. The molecule has 0 aliphatic carbocycles. The van der Waals surface area contributed by atoms with Gasteiger partial charge in [-0.3, -0.25) is 9.78 Å². The number of pyridine rings is 1. The summed E-state index contributed by atoms with van der Waals surface area (Å²) in [5, 5.41) is 19.5. The zero-order chi connectivity index (χ0) is 16.1. The van der Waals surface area contributed by atoms with Crippen LogP contribution in [0, 0.1) is 11.3 Å². The van der Waals surface area contributed by atoms with Crippen LogP contribution in [0.4, 0.5) is 0 Å². The third-order valence-electron chi connectivity index (χ3n) is 3.16. The van der Waals surface area contributed by atoms with E-state index in [1.54, 1.807) is 47.5 Å². The van der Waals surface area contributed by atoms with Crippen LogP contribution in [0.15, 0.2) is 55.0 Å². The molecule has 1 N–H and O–H groups in total. The highest BCUT2D eigenvalue weighted by Crippen LogP contribution is 2.05. The second kappa shape index (κ2) is 6.49. The van der Waals surface area contributed by atoms with Gasteiger partial charge in [0.1, 0.15) is 5.69 Å². The van der Waals surface area contributed by atoms with Crippen LogP contribution in [0.25, 0.3) is 5.69 Å². The van der Waals surface area contributed by atoms with Gasteiger partial charge in [-0.2, -0.15) is 5.26 Å². The Morgan fingerprint density at radius 2 is 2.09 bits per heavy atom. The number of nitriles is 1. The standard InChI is InChI=1S/C16H12N6O/c17-8-12-3-5-13(6-4-12)16(23)19-9-14-11-22(21-20-14)15-2-1-7-18-10-15/h1-7,10-11H,9H2,(H,19,23). The fourth-order valence-corrected chi connectivity index (χ4v) is 1.96. The third-order valence-corrected chi connectivity index (χ3v) is 3.16. The lowest BCUT2D eigenvalue weighted by Gasteiger charge is -2.02. The van der Waals surface area contributed by atoms with Crippen molar-refractivity contribution in [2.45, 2.75) is 6.54 Å². The van der Waals surface area contributed by atoms with Crippen LogP contribution in [0.1, 0.15) is 21.6 Å². The lowest BCUT2D eigenvalue weighted by molar-refractivity contribution is 0.0950. The van der Waals surface area contributed by atoms with Gasteiger partial charge < -0.3 is 5.32 Å². The minimum atomic E-state index is -0.231. The normalized spacial score (nSPS) is 10.0. The van der Waals surface area contributed by atoms with Gasteiger partial charge in [0.25, 0.3) is 5.91 Å². The molecule has 112 valence electrons. The smallest absolute Gasteiger partial charge is 0.251 e. The van der Waals surface area contributed by atoms with E-state index in [9.17, 15) is 4.79 Å². The number of benzene rings is 1. The highest BCUT2D eigenvalue weighted by atomic mass is 16.1. The molecule has 0 unspecified atom stereocenters. The van der Waals surface area contributed by atoms with Crippen molar-refractivity contribution in [2.24, 2.45) is 0 Å². The van der Waals surface area contributed by atoms with Gasteiger partial charge >= 0.3 is 0 Å². The molecular weight excluding hydrogens is 292 g/mol. The molecule has 23 heavy (non-hydrogen) atoms. The summed E-state index contributed by atoms with van der Waals surface area (Å²) in [7, 11) is 0. The van der Waals surface area contributed by atoms with Crippen LogP contribution < -0.4 is 5.32 Å². The highest BCUT2D eigenvalue weighted by molar-refractivity contribution is 5.94. The lowest BCUT2D eigenvalue weighted by atomic mass is 10.1. The summed E-state index contributed by atoms with van der Waals surface area (Å²) >= 11 is 0. The van der Waals surface area contributed by atoms with Gasteiger partial charge in [0.15, 0.2) is 0 Å². The Labute approximate surface area is 132 Å². The highest BCUT2D eigenvalue weighted by Gasteiger charge is 2.07. The number of nitrogens with one attached hydrogen (secondary N) is 1. The fraction of sp³-hybridized carbons (Fsp3) is 0.0625. The van der Waals surface area contributed by atoms with Crippen LogP contribution in [0.3, 0.4) is 0 Å². The summed E-state index contributed by atoms with van der Waals surface area (Å²) in [6.07, 6.45) is 5.09. The van der Waals surface area contributed by atoms with Gasteiger partial charge in [-0.25, -0.2) is 4.68 Å². The summed E-state index contributed by atoms with van der Waals surface area (Å²) in [4.78, 5) is 16.1. The first kappa shape index (κ1) is 14.4. The minimum absolute atomic E-state index is 0.231. The van der Waals surface area contributed by atoms with E-state index in [4.69, 9.17) is 5.26 Å². The minimum Gasteiger partial charge on any atom is -0.346 e. The van der Waals surface area contributed by atoms with Crippen molar-refractivity contribution in [3.8, 4) is 11.8 Å². The summed E-state index contributed by atoms with van der Waals surface area (Å²) in [5.41, 5.74) is 2.44. The third kappa shape index (κ3) is 3.39. The molecule has 0 spiro atoms. The Hall–Kier alpha value is -3.53. The van der Waals surface area contributed by atoms with E-state index < -0.39 is 0 Å². The number of amides is 1. The van der Waals surface area contributed by atoms with Crippen LogP contribution in [0.2, 0.25) is 0 Å². The van der Waals surface area contributed by atoms with E-state index in [1.807, 2.05) is 18.2 Å². The Balaban J connectivity index is 1.63. The number of hydrogen-bond donors (Lipinski definition) is 1. The molecule has 3 aromatic rings. The summed E-state index contributed by atoms with van der Waals surface area (Å²) in [6, 6.07) is 12.1. The van der Waals surface area contributed by atoms with Gasteiger partial charge in [-0.15, -0.1) is 5.10 Å². The summed E-state index contributed by atoms with van der Waals surface area (Å²) in [6.45, 7) is 0.263. The fourth-order valence-electron chi connectivity index (χ4n) is 1.96. The van der Waals surface area contributed by atoms with E-state index in [-0.39, 0.29) is 12.5 Å². The van der Waals surface area contributed by atoms with Crippen LogP contribution >= 0.6 is 0 Å². The van der Waals surface area contributed by atoms with Crippen molar-refractivity contribution in [1.82, 2.24) is 25.3 Å². The van der Waals surface area contributed by atoms with E-state index in [0.29, 0.717) is 16.8 Å². The lowest BCUT2D eigenvalue weighted by Crippen LogP contribution is -2.22. The first-order valence-corrected chi connectivity index (χ1v) is 6.86. The molecule has 2 aromatic heterocycles. The average molecular weight is 304 g/mol. The van der Waals surface area contributed by atoms with E-state index in [2.05, 4.69) is 20.6 Å². The molecule has 2 heterocycles.